The third kappa shape index (κ3) is 5.42. The fourth-order valence-electron chi connectivity index (χ4n) is 3.49. The highest BCUT2D eigenvalue weighted by atomic mass is 35.5. The number of nitrogens with zero attached hydrogens (tertiary/aromatic N) is 2. The molecule has 0 atom stereocenters. The molecule has 0 radical (unpaired) electrons. The zero-order valence-electron chi connectivity index (χ0n) is 19.6. The predicted molar refractivity (Wildman–Crippen MR) is 141 cm³/mol. The second kappa shape index (κ2) is 10.8. The second-order valence-electron chi connectivity index (χ2n) is 7.72. The molecule has 0 unspecified atom stereocenters. The molecule has 0 saturated carbocycles. The number of phenolic OH excluding ortho intramolecular Hbond substituents is 2. The molecule has 0 fully saturated rings. The number of carbonyl (C=O) groups excluding carboxylic acids is 1. The summed E-state index contributed by atoms with van der Waals surface area (Å²) in [6.07, 6.45) is 7.08. The van der Waals surface area contributed by atoms with Crippen LogP contribution in [0.4, 0.5) is 0 Å². The zero-order chi connectivity index (χ0) is 25.7. The fraction of sp³-hybridized carbons (Fsp3) is 0.0714. The van der Waals surface area contributed by atoms with Crippen molar-refractivity contribution in [3.8, 4) is 23.0 Å². The molecule has 0 bridgehead atoms. The van der Waals surface area contributed by atoms with Crippen LogP contribution in [0.1, 0.15) is 32.9 Å². The van der Waals surface area contributed by atoms with Gasteiger partial charge in [-0.1, -0.05) is 48.0 Å². The zero-order valence-corrected chi connectivity index (χ0v) is 20.3. The van der Waals surface area contributed by atoms with Gasteiger partial charge in [-0.25, -0.2) is 0 Å². The van der Waals surface area contributed by atoms with E-state index in [-0.39, 0.29) is 17.4 Å². The molecule has 0 aliphatic rings. The number of methoxy groups -OCH3 is 2. The monoisotopic (exact) mass is 502 g/mol. The van der Waals surface area contributed by atoms with E-state index in [1.807, 2.05) is 0 Å². The molecule has 182 valence electrons. The number of benzene rings is 3. The maximum Gasteiger partial charge on any atom is 0.280 e. The summed E-state index contributed by atoms with van der Waals surface area (Å²) in [7, 11) is 2.95. The van der Waals surface area contributed by atoms with Crippen LogP contribution in [0.3, 0.4) is 0 Å². The second-order valence-corrected chi connectivity index (χ2v) is 8.13. The van der Waals surface area contributed by atoms with Crippen molar-refractivity contribution in [1.29, 1.82) is 0 Å². The molecule has 2 N–H and O–H groups in total. The Hall–Kier alpha value is -4.49. The van der Waals surface area contributed by atoms with Gasteiger partial charge in [0, 0.05) is 0 Å². The van der Waals surface area contributed by atoms with Gasteiger partial charge in [0.05, 0.1) is 36.2 Å². The van der Waals surface area contributed by atoms with Crippen molar-refractivity contribution >= 4 is 41.8 Å². The van der Waals surface area contributed by atoms with Crippen LogP contribution in [0.5, 0.6) is 23.0 Å². The molecule has 1 heterocycles. The van der Waals surface area contributed by atoms with Crippen molar-refractivity contribution in [2.75, 3.05) is 14.2 Å². The third-order valence-electron chi connectivity index (χ3n) is 5.35. The molecule has 0 aliphatic carbocycles. The summed E-state index contributed by atoms with van der Waals surface area (Å²) >= 11 is 6.27. The standard InChI is InChI=1S/C28H23ClN2O5/c1-35-26-15-18(9-13-24(26)32)7-11-20-17-21(12-8-19-10-14-25(33)27(16-19)36-2)31(30-20)28(34)22-5-3-4-6-23(22)29/h3-17,32-33H,1-2H3. The summed E-state index contributed by atoms with van der Waals surface area (Å²) in [4.78, 5) is 13.3. The van der Waals surface area contributed by atoms with Crippen LogP contribution in [0, 0.1) is 0 Å². The molecule has 1 aromatic heterocycles. The van der Waals surface area contributed by atoms with Gasteiger partial charge >= 0.3 is 0 Å². The smallest absolute Gasteiger partial charge is 0.280 e. The Labute approximate surface area is 213 Å². The van der Waals surface area contributed by atoms with Crippen LogP contribution in [-0.2, 0) is 0 Å². The number of ether oxygens (including phenoxy) is 2. The first kappa shape index (κ1) is 24.6. The lowest BCUT2D eigenvalue weighted by molar-refractivity contribution is 0.0944. The quantitative estimate of drug-likeness (QED) is 0.322. The van der Waals surface area contributed by atoms with Crippen LogP contribution in [-0.4, -0.2) is 40.1 Å². The fourth-order valence-corrected chi connectivity index (χ4v) is 3.70. The summed E-state index contributed by atoms with van der Waals surface area (Å²) in [6.45, 7) is 0. The topological polar surface area (TPSA) is 93.8 Å². The van der Waals surface area contributed by atoms with Gasteiger partial charge in [0.2, 0.25) is 0 Å². The Balaban J connectivity index is 1.72. The van der Waals surface area contributed by atoms with Gasteiger partial charge in [0.25, 0.3) is 5.91 Å². The highest BCUT2D eigenvalue weighted by molar-refractivity contribution is 6.33. The Morgan fingerprint density at radius 1 is 0.833 bits per heavy atom. The lowest BCUT2D eigenvalue weighted by atomic mass is 10.1. The molecule has 0 amide bonds. The van der Waals surface area contributed by atoms with E-state index in [4.69, 9.17) is 21.1 Å². The lowest BCUT2D eigenvalue weighted by Crippen LogP contribution is -2.15. The molecule has 0 saturated heterocycles. The first-order chi connectivity index (χ1) is 17.4. The molecule has 7 nitrogen and oxygen atoms in total. The lowest BCUT2D eigenvalue weighted by Gasteiger charge is -2.06. The van der Waals surface area contributed by atoms with E-state index in [1.165, 1.54) is 31.0 Å². The average Bonchev–Trinajstić information content (AvgIpc) is 3.30. The summed E-state index contributed by atoms with van der Waals surface area (Å²) in [5, 5.41) is 24.5. The van der Waals surface area contributed by atoms with E-state index >= 15 is 0 Å². The van der Waals surface area contributed by atoms with Crippen LogP contribution in [0.15, 0.2) is 66.7 Å². The van der Waals surface area contributed by atoms with Crippen LogP contribution >= 0.6 is 11.6 Å². The Morgan fingerprint density at radius 2 is 1.42 bits per heavy atom. The number of phenols is 2. The molecule has 4 rings (SSSR count). The van der Waals surface area contributed by atoms with Crippen molar-refractivity contribution in [2.24, 2.45) is 0 Å². The minimum absolute atomic E-state index is 0.0341. The SMILES string of the molecule is COc1cc(C=Cc2cc(C=Cc3ccc(O)c(OC)c3)n(C(=O)c3ccccc3Cl)n2)ccc1O. The van der Waals surface area contributed by atoms with Crippen molar-refractivity contribution < 1.29 is 24.5 Å². The molecule has 8 heteroatoms. The molecule has 0 spiro atoms. The van der Waals surface area contributed by atoms with Gasteiger partial charge in [-0.15, -0.1) is 0 Å². The number of halogens is 1. The number of rotatable bonds is 7. The molecule has 0 aliphatic heterocycles. The minimum Gasteiger partial charge on any atom is -0.504 e. The maximum absolute atomic E-state index is 13.3. The number of aromatic nitrogens is 2. The van der Waals surface area contributed by atoms with Gasteiger partial charge in [0.1, 0.15) is 0 Å². The molecular weight excluding hydrogens is 480 g/mol. The van der Waals surface area contributed by atoms with Crippen molar-refractivity contribution in [3.63, 3.8) is 0 Å². The molecule has 36 heavy (non-hydrogen) atoms. The van der Waals surface area contributed by atoms with E-state index in [9.17, 15) is 15.0 Å². The first-order valence-corrected chi connectivity index (χ1v) is 11.3. The van der Waals surface area contributed by atoms with Gasteiger partial charge in [-0.3, -0.25) is 4.79 Å². The third-order valence-corrected chi connectivity index (χ3v) is 5.68. The van der Waals surface area contributed by atoms with Gasteiger partial charge in [-0.2, -0.15) is 9.78 Å². The predicted octanol–water partition coefficient (Wildman–Crippen LogP) is 5.99. The van der Waals surface area contributed by atoms with E-state index < -0.39 is 0 Å². The van der Waals surface area contributed by atoms with Crippen molar-refractivity contribution in [1.82, 2.24) is 9.78 Å². The van der Waals surface area contributed by atoms with Gasteiger partial charge < -0.3 is 19.7 Å². The Bertz CT molecular complexity index is 1470. The van der Waals surface area contributed by atoms with Gasteiger partial charge in [0.15, 0.2) is 23.0 Å². The van der Waals surface area contributed by atoms with E-state index in [0.717, 1.165) is 11.1 Å². The summed E-state index contributed by atoms with van der Waals surface area (Å²) in [5.41, 5.74) is 2.92. The van der Waals surface area contributed by atoms with Crippen LogP contribution in [0.25, 0.3) is 24.3 Å². The molecule has 4 aromatic rings. The summed E-state index contributed by atoms with van der Waals surface area (Å²) in [6, 6.07) is 18.4. The highest BCUT2D eigenvalue weighted by Crippen LogP contribution is 2.28. The largest absolute Gasteiger partial charge is 0.504 e. The normalized spacial score (nSPS) is 11.3. The van der Waals surface area contributed by atoms with Gasteiger partial charge in [-0.05, 0) is 65.7 Å². The molecule has 3 aromatic carbocycles. The maximum atomic E-state index is 13.3. The van der Waals surface area contributed by atoms with Crippen LogP contribution in [0.2, 0.25) is 5.02 Å². The first-order valence-electron chi connectivity index (χ1n) is 10.9. The van der Waals surface area contributed by atoms with E-state index in [2.05, 4.69) is 5.10 Å². The molecular formula is C28H23ClN2O5. The average molecular weight is 503 g/mol. The number of hydrogen-bond acceptors (Lipinski definition) is 6. The summed E-state index contributed by atoms with van der Waals surface area (Å²) in [5.74, 6) is 0.388. The van der Waals surface area contributed by atoms with E-state index in [0.29, 0.717) is 33.5 Å². The number of aromatic hydroxyl groups is 2. The number of hydrogen-bond donors (Lipinski definition) is 2. The van der Waals surface area contributed by atoms with Crippen molar-refractivity contribution in [2.45, 2.75) is 0 Å². The minimum atomic E-state index is -0.380. The Kier molecular flexibility index (Phi) is 7.42. The van der Waals surface area contributed by atoms with E-state index in [1.54, 1.807) is 78.9 Å². The van der Waals surface area contributed by atoms with Crippen LogP contribution < -0.4 is 9.47 Å². The highest BCUT2D eigenvalue weighted by Gasteiger charge is 2.17. The Morgan fingerprint density at radius 3 is 2.00 bits per heavy atom. The summed E-state index contributed by atoms with van der Waals surface area (Å²) < 4.78 is 11.6. The number of carbonyl (C=O) groups is 1. The van der Waals surface area contributed by atoms with Crippen molar-refractivity contribution in [3.05, 3.63) is 99.8 Å².